The number of ether oxygens (including phenoxy) is 1. The molecule has 0 unspecified atom stereocenters. The largest absolute Gasteiger partial charge is 0.495 e. The zero-order valence-corrected chi connectivity index (χ0v) is 14.8. The van der Waals surface area contributed by atoms with Crippen LogP contribution < -0.4 is 15.0 Å². The first kappa shape index (κ1) is 19.4. The highest BCUT2D eigenvalue weighted by molar-refractivity contribution is 5.95. The van der Waals surface area contributed by atoms with Crippen LogP contribution in [0.25, 0.3) is 0 Å². The number of rotatable bonds is 6. The van der Waals surface area contributed by atoms with Gasteiger partial charge in [0.25, 0.3) is 0 Å². The minimum absolute atomic E-state index is 0.0620. The number of carbonyl (C=O) groups is 2. The van der Waals surface area contributed by atoms with Gasteiger partial charge in [-0.05, 0) is 36.8 Å². The maximum Gasteiger partial charge on any atom is 0.226 e. The van der Waals surface area contributed by atoms with Crippen LogP contribution in [0.1, 0.15) is 18.9 Å². The summed E-state index contributed by atoms with van der Waals surface area (Å²) >= 11 is 0. The smallest absolute Gasteiger partial charge is 0.226 e. The van der Waals surface area contributed by atoms with Crippen molar-refractivity contribution in [2.75, 3.05) is 23.9 Å². The SMILES string of the molecule is COc1ccc(C)cc1N(CCC(=O)Nc1ccc(F)cc1F)C(C)=O. The fourth-order valence-corrected chi connectivity index (χ4v) is 2.48. The van der Waals surface area contributed by atoms with Gasteiger partial charge in [0.15, 0.2) is 0 Å². The summed E-state index contributed by atoms with van der Waals surface area (Å²) < 4.78 is 31.8. The summed E-state index contributed by atoms with van der Waals surface area (Å²) in [7, 11) is 1.50. The Morgan fingerprint density at radius 2 is 1.88 bits per heavy atom. The maximum absolute atomic E-state index is 13.6. The summed E-state index contributed by atoms with van der Waals surface area (Å²) in [6, 6.07) is 8.28. The lowest BCUT2D eigenvalue weighted by Gasteiger charge is -2.23. The number of halogens is 2. The third-order valence-electron chi connectivity index (χ3n) is 3.77. The summed E-state index contributed by atoms with van der Waals surface area (Å²) in [5.41, 5.74) is 1.38. The highest BCUT2D eigenvalue weighted by Crippen LogP contribution is 2.29. The molecule has 2 aromatic carbocycles. The Morgan fingerprint density at radius 1 is 1.15 bits per heavy atom. The number of aryl methyl sites for hydroxylation is 1. The monoisotopic (exact) mass is 362 g/mol. The number of nitrogens with one attached hydrogen (secondary N) is 1. The molecule has 0 atom stereocenters. The van der Waals surface area contributed by atoms with E-state index in [1.165, 1.54) is 18.9 Å². The molecule has 1 N–H and O–H groups in total. The van der Waals surface area contributed by atoms with Gasteiger partial charge >= 0.3 is 0 Å². The van der Waals surface area contributed by atoms with Gasteiger partial charge in [0, 0.05) is 26.0 Å². The van der Waals surface area contributed by atoms with Crippen molar-refractivity contribution in [1.82, 2.24) is 0 Å². The normalized spacial score (nSPS) is 10.3. The molecule has 0 bridgehead atoms. The van der Waals surface area contributed by atoms with Crippen LogP contribution in [0.5, 0.6) is 5.75 Å². The first-order valence-electron chi connectivity index (χ1n) is 7.99. The number of anilines is 2. The van der Waals surface area contributed by atoms with E-state index in [1.54, 1.807) is 12.1 Å². The van der Waals surface area contributed by atoms with Crippen molar-refractivity contribution < 1.29 is 23.1 Å². The van der Waals surface area contributed by atoms with Crippen LogP contribution in [0.3, 0.4) is 0 Å². The Kier molecular flexibility index (Phi) is 6.27. The first-order chi connectivity index (χ1) is 12.3. The fraction of sp³-hybridized carbons (Fsp3) is 0.263. The average Bonchev–Trinajstić information content (AvgIpc) is 2.57. The van der Waals surface area contributed by atoms with Gasteiger partial charge in [0.1, 0.15) is 17.4 Å². The molecule has 0 aliphatic carbocycles. The van der Waals surface area contributed by atoms with Crippen LogP contribution in [-0.2, 0) is 9.59 Å². The molecule has 2 rings (SSSR count). The summed E-state index contributed by atoms with van der Waals surface area (Å²) in [6.07, 6.45) is -0.0620. The molecule has 26 heavy (non-hydrogen) atoms. The molecule has 5 nitrogen and oxygen atoms in total. The highest BCUT2D eigenvalue weighted by Gasteiger charge is 2.18. The van der Waals surface area contributed by atoms with Gasteiger partial charge in [-0.1, -0.05) is 6.07 Å². The molecule has 0 saturated carbocycles. The van der Waals surface area contributed by atoms with E-state index in [0.717, 1.165) is 17.7 Å². The van der Waals surface area contributed by atoms with Gasteiger partial charge < -0.3 is 15.0 Å². The zero-order chi connectivity index (χ0) is 19.3. The molecule has 2 aromatic rings. The molecule has 0 aliphatic heterocycles. The van der Waals surface area contributed by atoms with E-state index >= 15 is 0 Å². The van der Waals surface area contributed by atoms with Crippen LogP contribution in [-0.4, -0.2) is 25.5 Å². The van der Waals surface area contributed by atoms with Gasteiger partial charge in [0.05, 0.1) is 18.5 Å². The summed E-state index contributed by atoms with van der Waals surface area (Å²) in [6.45, 7) is 3.36. The lowest BCUT2D eigenvalue weighted by molar-refractivity contribution is -0.117. The van der Waals surface area contributed by atoms with Crippen molar-refractivity contribution in [2.24, 2.45) is 0 Å². The second kappa shape index (κ2) is 8.42. The number of benzene rings is 2. The second-order valence-electron chi connectivity index (χ2n) is 5.77. The van der Waals surface area contributed by atoms with Gasteiger partial charge in [0.2, 0.25) is 11.8 Å². The van der Waals surface area contributed by atoms with E-state index in [2.05, 4.69) is 5.32 Å². The molecule has 2 amide bonds. The summed E-state index contributed by atoms with van der Waals surface area (Å²) in [4.78, 5) is 25.5. The van der Waals surface area contributed by atoms with E-state index in [0.29, 0.717) is 17.5 Å². The molecule has 0 aliphatic rings. The molecule has 0 aromatic heterocycles. The summed E-state index contributed by atoms with van der Waals surface area (Å²) in [5.74, 6) is -1.82. The van der Waals surface area contributed by atoms with Crippen molar-refractivity contribution in [3.05, 3.63) is 53.6 Å². The summed E-state index contributed by atoms with van der Waals surface area (Å²) in [5, 5.41) is 2.37. The van der Waals surface area contributed by atoms with Crippen LogP contribution >= 0.6 is 0 Å². The molecule has 0 spiro atoms. The Hall–Kier alpha value is -2.96. The van der Waals surface area contributed by atoms with Crippen molar-refractivity contribution >= 4 is 23.2 Å². The quantitative estimate of drug-likeness (QED) is 0.853. The van der Waals surface area contributed by atoms with E-state index in [9.17, 15) is 18.4 Å². The van der Waals surface area contributed by atoms with Gasteiger partial charge in [-0.3, -0.25) is 9.59 Å². The van der Waals surface area contributed by atoms with E-state index in [4.69, 9.17) is 4.74 Å². The predicted octanol–water partition coefficient (Wildman–Crippen LogP) is 3.66. The molecular formula is C19H20F2N2O3. The number of methoxy groups -OCH3 is 1. The van der Waals surface area contributed by atoms with Crippen molar-refractivity contribution in [1.29, 1.82) is 0 Å². The molecule has 138 valence electrons. The van der Waals surface area contributed by atoms with Crippen molar-refractivity contribution in [3.63, 3.8) is 0 Å². The molecule has 0 fully saturated rings. The fourth-order valence-electron chi connectivity index (χ4n) is 2.48. The number of carbonyl (C=O) groups excluding carboxylic acids is 2. The third-order valence-corrected chi connectivity index (χ3v) is 3.77. The minimum atomic E-state index is -0.859. The van der Waals surface area contributed by atoms with E-state index in [1.807, 2.05) is 13.0 Å². The Bertz CT molecular complexity index is 824. The lowest BCUT2D eigenvalue weighted by atomic mass is 10.1. The van der Waals surface area contributed by atoms with Crippen LogP contribution in [0.15, 0.2) is 36.4 Å². The number of hydrogen-bond acceptors (Lipinski definition) is 3. The van der Waals surface area contributed by atoms with E-state index in [-0.39, 0.29) is 24.6 Å². The highest BCUT2D eigenvalue weighted by atomic mass is 19.1. The van der Waals surface area contributed by atoms with Gasteiger partial charge in [-0.25, -0.2) is 8.78 Å². The standard InChI is InChI=1S/C19H20F2N2O3/c1-12-4-7-18(26-3)17(10-12)23(13(2)24)9-8-19(25)22-16-6-5-14(20)11-15(16)21/h4-7,10-11H,8-9H2,1-3H3,(H,22,25). The molecule has 0 radical (unpaired) electrons. The number of nitrogens with zero attached hydrogens (tertiary/aromatic N) is 1. The van der Waals surface area contributed by atoms with Crippen LogP contribution in [0, 0.1) is 18.6 Å². The molecule has 0 saturated heterocycles. The zero-order valence-electron chi connectivity index (χ0n) is 14.8. The Balaban J connectivity index is 2.10. The lowest BCUT2D eigenvalue weighted by Crippen LogP contribution is -2.32. The second-order valence-corrected chi connectivity index (χ2v) is 5.77. The molecule has 0 heterocycles. The van der Waals surface area contributed by atoms with Gasteiger partial charge in [-0.15, -0.1) is 0 Å². The topological polar surface area (TPSA) is 58.6 Å². The molecule has 7 heteroatoms. The van der Waals surface area contributed by atoms with Crippen LogP contribution in [0.4, 0.5) is 20.2 Å². The Labute approximate surface area is 150 Å². The number of hydrogen-bond donors (Lipinski definition) is 1. The van der Waals surface area contributed by atoms with Gasteiger partial charge in [-0.2, -0.15) is 0 Å². The van der Waals surface area contributed by atoms with Crippen molar-refractivity contribution in [3.8, 4) is 5.75 Å². The van der Waals surface area contributed by atoms with Crippen molar-refractivity contribution in [2.45, 2.75) is 20.3 Å². The minimum Gasteiger partial charge on any atom is -0.495 e. The number of amides is 2. The predicted molar refractivity (Wildman–Crippen MR) is 95.4 cm³/mol. The Morgan fingerprint density at radius 3 is 2.50 bits per heavy atom. The molecular weight excluding hydrogens is 342 g/mol. The average molecular weight is 362 g/mol. The third kappa shape index (κ3) is 4.78. The van der Waals surface area contributed by atoms with E-state index < -0.39 is 17.5 Å². The van der Waals surface area contributed by atoms with Crippen LogP contribution in [0.2, 0.25) is 0 Å². The first-order valence-corrected chi connectivity index (χ1v) is 7.99. The maximum atomic E-state index is 13.6.